The normalized spacial score (nSPS) is 4.89. The second-order valence-corrected chi connectivity index (χ2v) is 0.610. The molecule has 0 amide bonds. The Bertz CT molecular complexity index is 92.1. The minimum Gasteiger partial charge on any atom is -1.00 e. The molecule has 0 bridgehead atoms. The zero-order valence-corrected chi connectivity index (χ0v) is 7.85. The molecule has 0 aliphatic heterocycles. The van der Waals surface area contributed by atoms with Gasteiger partial charge in [-0.05, 0) is 0 Å². The molecule has 2 N–H and O–H groups in total. The Morgan fingerprint density at radius 1 is 1.11 bits per heavy atom. The zero-order valence-electron chi connectivity index (χ0n) is 6.15. The van der Waals surface area contributed by atoms with Crippen molar-refractivity contribution in [3.05, 3.63) is 0 Å². The molecule has 0 aliphatic carbocycles. The number of carbonyl (C=O) groups is 2. The van der Waals surface area contributed by atoms with Gasteiger partial charge in [0.2, 0.25) is 0 Å². The number of carboxylic acid groups (broad SMARTS) is 2. The molecule has 0 aromatic heterocycles. The van der Waals surface area contributed by atoms with Gasteiger partial charge in [0.25, 0.3) is 0 Å². The van der Waals surface area contributed by atoms with Crippen molar-refractivity contribution in [2.45, 2.75) is 0 Å². The first kappa shape index (κ1) is 22.6. The molecule has 1 radical (unpaired) electrons. The Balaban J connectivity index is -0.0000000125. The maximum absolute atomic E-state index is 9.10. The van der Waals surface area contributed by atoms with E-state index < -0.39 is 11.9 Å². The summed E-state index contributed by atoms with van der Waals surface area (Å²) < 4.78 is 0. The molecular weight excluding hydrogens is 223 g/mol. The van der Waals surface area contributed by atoms with Crippen LogP contribution in [0.3, 0.4) is 0 Å². The second kappa shape index (κ2) is 11.5. The molecule has 9 heavy (non-hydrogen) atoms. The molecule has 0 atom stereocenters. The molecule has 0 fully saturated rings. The Morgan fingerprint density at radius 2 is 1.22 bits per heavy atom. The molecular formula is C2H4FeMgMnO4. The van der Waals surface area contributed by atoms with Crippen LogP contribution in [0.4, 0.5) is 0 Å². The molecule has 4 nitrogen and oxygen atoms in total. The summed E-state index contributed by atoms with van der Waals surface area (Å²) in [5, 5.41) is 14.8. The summed E-state index contributed by atoms with van der Waals surface area (Å²) >= 11 is 0. The first-order valence-corrected chi connectivity index (χ1v) is 1.11. The zero-order chi connectivity index (χ0) is 5.15. The average Bonchev–Trinajstić information content (AvgIpc) is 1.36. The number of hydrogen-bond donors (Lipinski definition) is 2. The topological polar surface area (TPSA) is 74.6 Å². The van der Waals surface area contributed by atoms with Gasteiger partial charge >= 0.3 is 35.0 Å². The van der Waals surface area contributed by atoms with Gasteiger partial charge in [0, 0.05) is 34.1 Å². The maximum atomic E-state index is 9.10. The van der Waals surface area contributed by atoms with E-state index >= 15 is 0 Å². The predicted octanol–water partition coefficient (Wildman–Crippen LogP) is -1.01. The average molecular weight is 227 g/mol. The largest absolute Gasteiger partial charge is 2.00 e. The van der Waals surface area contributed by atoms with Crippen LogP contribution in [-0.4, -0.2) is 45.2 Å². The third-order valence-corrected chi connectivity index (χ3v) is 0.183. The van der Waals surface area contributed by atoms with Gasteiger partial charge in [-0.25, -0.2) is 9.59 Å². The van der Waals surface area contributed by atoms with E-state index in [-0.39, 0.29) is 60.0 Å². The van der Waals surface area contributed by atoms with Crippen LogP contribution in [0.2, 0.25) is 0 Å². The van der Waals surface area contributed by atoms with E-state index in [4.69, 9.17) is 19.8 Å². The minimum atomic E-state index is -1.82. The van der Waals surface area contributed by atoms with Gasteiger partial charge in [0.15, 0.2) is 0 Å². The summed E-state index contributed by atoms with van der Waals surface area (Å²) in [6.07, 6.45) is 0. The standard InChI is InChI=1S/C2H2O4.Fe.Mg.Mn.2H/c3-1(4)2(5)6;;;;;/h(H,3,4)(H,5,6);;;;;/q;;+2;;2*-1. The molecule has 0 aliphatic rings. The molecule has 0 saturated carbocycles. The van der Waals surface area contributed by atoms with E-state index in [9.17, 15) is 0 Å². The van der Waals surface area contributed by atoms with Crippen molar-refractivity contribution < 1.29 is 56.8 Å². The summed E-state index contributed by atoms with van der Waals surface area (Å²) in [6.45, 7) is 0. The molecule has 0 saturated heterocycles. The Kier molecular flexibility index (Phi) is 28.9. The summed E-state index contributed by atoms with van der Waals surface area (Å²) in [5.74, 6) is -3.65. The molecule has 0 aromatic rings. The SMILES string of the molecule is O=C(O)C(=O)O.[Fe].[H-].[H-].[Mg+2].[Mn]. The fraction of sp³-hybridized carbons (Fsp3) is 0. The molecule has 0 unspecified atom stereocenters. The van der Waals surface area contributed by atoms with Crippen molar-refractivity contribution in [3.63, 3.8) is 0 Å². The Labute approximate surface area is 91.4 Å². The molecule has 0 aromatic carbocycles. The molecule has 0 rings (SSSR count). The van der Waals surface area contributed by atoms with Gasteiger partial charge in [0.05, 0.1) is 0 Å². The smallest absolute Gasteiger partial charge is 1.00 e. The molecule has 0 spiro atoms. The number of rotatable bonds is 0. The van der Waals surface area contributed by atoms with Gasteiger partial charge < -0.3 is 13.1 Å². The first-order valence-electron chi connectivity index (χ1n) is 1.11. The van der Waals surface area contributed by atoms with Crippen molar-refractivity contribution in [3.8, 4) is 0 Å². The van der Waals surface area contributed by atoms with E-state index in [0.717, 1.165) is 0 Å². The van der Waals surface area contributed by atoms with Gasteiger partial charge in [-0.1, -0.05) is 0 Å². The third kappa shape index (κ3) is 17.7. The van der Waals surface area contributed by atoms with Crippen LogP contribution in [0.25, 0.3) is 0 Å². The summed E-state index contributed by atoms with van der Waals surface area (Å²) in [7, 11) is 0. The number of carboxylic acids is 2. The van der Waals surface area contributed by atoms with Crippen LogP contribution in [-0.2, 0) is 43.7 Å². The van der Waals surface area contributed by atoms with Crippen molar-refractivity contribution in [1.29, 1.82) is 0 Å². The Hall–Kier alpha value is 0.745. The molecule has 7 heteroatoms. The fourth-order valence-electron chi connectivity index (χ4n) is 0. The summed E-state index contributed by atoms with van der Waals surface area (Å²) in [6, 6.07) is 0. The third-order valence-electron chi connectivity index (χ3n) is 0.183. The molecule has 53 valence electrons. The van der Waals surface area contributed by atoms with Crippen LogP contribution >= 0.6 is 0 Å². The number of hydrogen-bond acceptors (Lipinski definition) is 2. The van der Waals surface area contributed by atoms with Crippen LogP contribution in [0.15, 0.2) is 0 Å². The predicted molar refractivity (Wildman–Crippen MR) is 23.2 cm³/mol. The van der Waals surface area contributed by atoms with Gasteiger partial charge in [-0.3, -0.25) is 0 Å². The van der Waals surface area contributed by atoms with E-state index in [1.54, 1.807) is 0 Å². The minimum absolute atomic E-state index is 0. The second-order valence-electron chi connectivity index (χ2n) is 0.610. The van der Waals surface area contributed by atoms with Crippen LogP contribution in [0.5, 0.6) is 0 Å². The van der Waals surface area contributed by atoms with Gasteiger partial charge in [0.1, 0.15) is 0 Å². The van der Waals surface area contributed by atoms with Crippen LogP contribution in [0, 0.1) is 0 Å². The van der Waals surface area contributed by atoms with E-state index in [1.165, 1.54) is 0 Å². The van der Waals surface area contributed by atoms with Gasteiger partial charge in [-0.15, -0.1) is 0 Å². The van der Waals surface area contributed by atoms with E-state index in [0.29, 0.717) is 0 Å². The molecule has 0 heterocycles. The van der Waals surface area contributed by atoms with Gasteiger partial charge in [-0.2, -0.15) is 0 Å². The monoisotopic (exact) mass is 227 g/mol. The van der Waals surface area contributed by atoms with E-state index in [1.807, 2.05) is 0 Å². The summed E-state index contributed by atoms with van der Waals surface area (Å²) in [5.41, 5.74) is 0. The maximum Gasteiger partial charge on any atom is 2.00 e. The van der Waals surface area contributed by atoms with Crippen molar-refractivity contribution in [2.75, 3.05) is 0 Å². The van der Waals surface area contributed by atoms with Crippen molar-refractivity contribution in [1.82, 2.24) is 0 Å². The van der Waals surface area contributed by atoms with Crippen LogP contribution in [0.1, 0.15) is 2.85 Å². The first-order chi connectivity index (χ1) is 2.64. The van der Waals surface area contributed by atoms with Crippen molar-refractivity contribution in [2.24, 2.45) is 0 Å². The quantitative estimate of drug-likeness (QED) is 0.411. The van der Waals surface area contributed by atoms with E-state index in [2.05, 4.69) is 0 Å². The Morgan fingerprint density at radius 3 is 1.22 bits per heavy atom. The fourth-order valence-corrected chi connectivity index (χ4v) is 0. The number of aliphatic carboxylic acids is 2. The summed E-state index contributed by atoms with van der Waals surface area (Å²) in [4.78, 5) is 18.2. The van der Waals surface area contributed by atoms with Crippen molar-refractivity contribution >= 4 is 35.0 Å². The van der Waals surface area contributed by atoms with Crippen LogP contribution < -0.4 is 0 Å².